The summed E-state index contributed by atoms with van der Waals surface area (Å²) < 4.78 is 0. The molecule has 2 aromatic carbocycles. The van der Waals surface area contributed by atoms with Gasteiger partial charge in [-0.05, 0) is 0 Å². The molecule has 2 aliphatic heterocycles. The lowest BCUT2D eigenvalue weighted by Gasteiger charge is -2.24. The molecule has 0 amide bonds. The van der Waals surface area contributed by atoms with Gasteiger partial charge in [0.2, 0.25) is 0 Å². The molecule has 8 heteroatoms. The van der Waals surface area contributed by atoms with E-state index in [0.29, 0.717) is 11.4 Å². The maximum atomic E-state index is 9.39. The van der Waals surface area contributed by atoms with E-state index in [2.05, 4.69) is 20.6 Å². The Hall–Kier alpha value is -4.56. The lowest BCUT2D eigenvalue weighted by atomic mass is 9.99. The molecule has 0 aliphatic carbocycles. The monoisotopic (exact) mass is 364 g/mol. The zero-order valence-electron chi connectivity index (χ0n) is 14.5. The van der Waals surface area contributed by atoms with Gasteiger partial charge in [-0.2, -0.15) is 20.6 Å². The fraction of sp³-hybridized carbons (Fsp3) is 0. The predicted molar refractivity (Wildman–Crippen MR) is 104 cm³/mol. The summed E-state index contributed by atoms with van der Waals surface area (Å²) in [4.78, 5) is 4.59. The molecular weight excluding hydrogens is 352 g/mol. The van der Waals surface area contributed by atoms with Crippen LogP contribution < -0.4 is 5.43 Å². The van der Waals surface area contributed by atoms with E-state index in [9.17, 15) is 10.5 Å². The van der Waals surface area contributed by atoms with Crippen molar-refractivity contribution >= 4 is 23.2 Å². The van der Waals surface area contributed by atoms with Crippen LogP contribution in [0.2, 0.25) is 0 Å². The zero-order chi connectivity index (χ0) is 19.5. The minimum Gasteiger partial charge on any atom is -0.282 e. The standard InChI is InChI=1S/C20H12N8/c21-11-15-16(12-22)25-26-20-24-17(13-7-3-1-4-8-13)18(27-28(20)19(15)23)14-9-5-2-6-10-14/h1-10,23,25H. The van der Waals surface area contributed by atoms with Crippen LogP contribution in [0.5, 0.6) is 0 Å². The summed E-state index contributed by atoms with van der Waals surface area (Å²) >= 11 is 0. The van der Waals surface area contributed by atoms with Crippen LogP contribution in [0, 0.1) is 28.1 Å². The average Bonchev–Trinajstić information content (AvgIpc) is 2.89. The Morgan fingerprint density at radius 1 is 0.857 bits per heavy atom. The molecule has 4 rings (SSSR count). The van der Waals surface area contributed by atoms with Crippen molar-refractivity contribution in [3.05, 3.63) is 83.1 Å². The van der Waals surface area contributed by atoms with Gasteiger partial charge < -0.3 is 0 Å². The second-order valence-corrected chi connectivity index (χ2v) is 5.80. The van der Waals surface area contributed by atoms with Gasteiger partial charge in [-0.3, -0.25) is 10.8 Å². The largest absolute Gasteiger partial charge is 0.282 e. The first-order valence-electron chi connectivity index (χ1n) is 8.28. The van der Waals surface area contributed by atoms with E-state index in [4.69, 9.17) is 5.41 Å². The van der Waals surface area contributed by atoms with Crippen molar-refractivity contribution in [1.29, 1.82) is 15.9 Å². The molecule has 8 nitrogen and oxygen atoms in total. The first-order chi connectivity index (χ1) is 13.7. The predicted octanol–water partition coefficient (Wildman–Crippen LogP) is 2.35. The summed E-state index contributed by atoms with van der Waals surface area (Å²) in [5, 5.41) is 36.8. The number of hydrogen-bond acceptors (Lipinski definition) is 7. The highest BCUT2D eigenvalue weighted by Crippen LogP contribution is 2.20. The number of hydrazone groups is 2. The summed E-state index contributed by atoms with van der Waals surface area (Å²) in [5.41, 5.74) is 4.98. The number of hydrogen-bond donors (Lipinski definition) is 2. The van der Waals surface area contributed by atoms with Gasteiger partial charge in [0.1, 0.15) is 29.1 Å². The highest BCUT2D eigenvalue weighted by molar-refractivity contribution is 6.55. The molecular formula is C20H12N8. The second kappa shape index (κ2) is 6.98. The van der Waals surface area contributed by atoms with Crippen molar-refractivity contribution in [1.82, 2.24) is 10.4 Å². The molecule has 2 N–H and O–H groups in total. The highest BCUT2D eigenvalue weighted by atomic mass is 15.6. The molecule has 0 atom stereocenters. The quantitative estimate of drug-likeness (QED) is 0.848. The van der Waals surface area contributed by atoms with Gasteiger partial charge in [0.25, 0.3) is 5.96 Å². The van der Waals surface area contributed by atoms with Crippen LogP contribution in [0.15, 0.2) is 87.1 Å². The fourth-order valence-electron chi connectivity index (χ4n) is 2.78. The number of guanidine groups is 1. The SMILES string of the molecule is N#CC1=C(C#N)C(=N)N2N=C(c3ccccc3)C(c3ccccc3)=NC2=NN1. The molecule has 0 unspecified atom stereocenters. The summed E-state index contributed by atoms with van der Waals surface area (Å²) in [6.45, 7) is 0. The number of benzene rings is 2. The van der Waals surface area contributed by atoms with Crippen LogP contribution in [-0.2, 0) is 0 Å². The Morgan fingerprint density at radius 2 is 1.46 bits per heavy atom. The zero-order valence-corrected chi connectivity index (χ0v) is 14.5. The lowest BCUT2D eigenvalue weighted by molar-refractivity contribution is 0.641. The first-order valence-corrected chi connectivity index (χ1v) is 8.28. The molecule has 0 bridgehead atoms. The van der Waals surface area contributed by atoms with Crippen LogP contribution in [0.1, 0.15) is 11.1 Å². The summed E-state index contributed by atoms with van der Waals surface area (Å²) in [6.07, 6.45) is 0. The Kier molecular flexibility index (Phi) is 4.21. The molecule has 0 fully saturated rings. The normalized spacial score (nSPS) is 15.9. The number of nitrogens with one attached hydrogen (secondary N) is 2. The third kappa shape index (κ3) is 2.81. The van der Waals surface area contributed by atoms with Gasteiger partial charge in [-0.15, -0.1) is 5.10 Å². The molecule has 132 valence electrons. The van der Waals surface area contributed by atoms with Crippen LogP contribution in [0.4, 0.5) is 0 Å². The van der Waals surface area contributed by atoms with Crippen molar-refractivity contribution in [3.8, 4) is 12.1 Å². The van der Waals surface area contributed by atoms with Gasteiger partial charge >= 0.3 is 0 Å². The van der Waals surface area contributed by atoms with Crippen molar-refractivity contribution in [2.45, 2.75) is 0 Å². The van der Waals surface area contributed by atoms with E-state index in [0.717, 1.165) is 16.1 Å². The highest BCUT2D eigenvalue weighted by Gasteiger charge is 2.31. The molecule has 0 saturated carbocycles. The topological polar surface area (TPSA) is 124 Å². The Balaban J connectivity index is 1.91. The number of rotatable bonds is 2. The van der Waals surface area contributed by atoms with Gasteiger partial charge in [-0.25, -0.2) is 4.99 Å². The van der Waals surface area contributed by atoms with Crippen molar-refractivity contribution in [3.63, 3.8) is 0 Å². The van der Waals surface area contributed by atoms with Crippen molar-refractivity contribution in [2.75, 3.05) is 0 Å². The smallest absolute Gasteiger partial charge is 0.270 e. The average molecular weight is 364 g/mol. The van der Waals surface area contributed by atoms with Crippen molar-refractivity contribution in [2.24, 2.45) is 15.2 Å². The maximum absolute atomic E-state index is 9.39. The van der Waals surface area contributed by atoms with Gasteiger partial charge in [0.05, 0.1) is 0 Å². The third-order valence-electron chi connectivity index (χ3n) is 4.11. The van der Waals surface area contributed by atoms with E-state index < -0.39 is 0 Å². The number of allylic oxidation sites excluding steroid dienone is 1. The van der Waals surface area contributed by atoms with E-state index in [-0.39, 0.29) is 23.1 Å². The van der Waals surface area contributed by atoms with E-state index in [1.807, 2.05) is 72.8 Å². The minimum atomic E-state index is -0.271. The van der Waals surface area contributed by atoms with E-state index in [1.165, 1.54) is 0 Å². The van der Waals surface area contributed by atoms with Gasteiger partial charge in [0, 0.05) is 11.1 Å². The fourth-order valence-corrected chi connectivity index (χ4v) is 2.78. The number of amidine groups is 1. The van der Waals surface area contributed by atoms with Gasteiger partial charge in [0.15, 0.2) is 11.5 Å². The van der Waals surface area contributed by atoms with Crippen molar-refractivity contribution < 1.29 is 0 Å². The third-order valence-corrected chi connectivity index (χ3v) is 4.11. The lowest BCUT2D eigenvalue weighted by Crippen LogP contribution is -2.39. The maximum Gasteiger partial charge on any atom is 0.270 e. The molecule has 0 saturated heterocycles. The molecule has 28 heavy (non-hydrogen) atoms. The summed E-state index contributed by atoms with van der Waals surface area (Å²) in [7, 11) is 0. The van der Waals surface area contributed by atoms with E-state index >= 15 is 0 Å². The second-order valence-electron chi connectivity index (χ2n) is 5.80. The molecule has 0 radical (unpaired) electrons. The summed E-state index contributed by atoms with van der Waals surface area (Å²) in [5.74, 6) is -0.200. The van der Waals surface area contributed by atoms with Crippen LogP contribution >= 0.6 is 0 Å². The number of nitriles is 2. The minimum absolute atomic E-state index is 0.0709. The molecule has 2 aliphatic rings. The Labute approximate surface area is 160 Å². The molecule has 2 heterocycles. The first kappa shape index (κ1) is 16.9. The van der Waals surface area contributed by atoms with Crippen LogP contribution in [0.25, 0.3) is 0 Å². The number of aliphatic imine (C=N–C) groups is 1. The number of fused-ring (bicyclic) bond motifs is 1. The summed E-state index contributed by atoms with van der Waals surface area (Å²) in [6, 6.07) is 22.7. The molecule has 0 aromatic heterocycles. The number of nitrogens with zero attached hydrogens (tertiary/aromatic N) is 6. The van der Waals surface area contributed by atoms with E-state index in [1.54, 1.807) is 0 Å². The van der Waals surface area contributed by atoms with Gasteiger partial charge in [-0.1, -0.05) is 60.7 Å². The molecule has 0 spiro atoms. The van der Waals surface area contributed by atoms with Crippen LogP contribution in [0.3, 0.4) is 0 Å². The Bertz CT molecular complexity index is 1160. The Morgan fingerprint density at radius 3 is 2.04 bits per heavy atom. The molecule has 2 aromatic rings. The van der Waals surface area contributed by atoms with Crippen LogP contribution in [-0.4, -0.2) is 28.2 Å².